The van der Waals surface area contributed by atoms with Crippen LogP contribution in [0.3, 0.4) is 0 Å². The van der Waals surface area contributed by atoms with E-state index in [-0.39, 0.29) is 6.04 Å². The topological polar surface area (TPSA) is 82.3 Å². The first-order chi connectivity index (χ1) is 9.80. The zero-order valence-electron chi connectivity index (χ0n) is 11.5. The number of rotatable bonds is 6. The molecular weight excluding hydrogens is 256 g/mol. The molecule has 0 spiro atoms. The lowest BCUT2D eigenvalue weighted by Gasteiger charge is -2.18. The molecule has 2 aromatic rings. The first-order valence-corrected chi connectivity index (χ1v) is 6.33. The third kappa shape index (κ3) is 3.04. The van der Waals surface area contributed by atoms with Gasteiger partial charge in [0.15, 0.2) is 0 Å². The van der Waals surface area contributed by atoms with Crippen molar-refractivity contribution in [1.29, 1.82) is 0 Å². The van der Waals surface area contributed by atoms with Gasteiger partial charge in [0.25, 0.3) is 0 Å². The smallest absolute Gasteiger partial charge is 0.218 e. The number of nitrogens with two attached hydrogens (primary N) is 1. The fraction of sp³-hybridized carbons (Fsp3) is 0.286. The predicted molar refractivity (Wildman–Crippen MR) is 75.4 cm³/mol. The third-order valence-electron chi connectivity index (χ3n) is 2.85. The maximum atomic E-state index is 5.68. The van der Waals surface area contributed by atoms with Gasteiger partial charge in [-0.15, -0.1) is 0 Å². The summed E-state index contributed by atoms with van der Waals surface area (Å²) in [6.07, 6.45) is 5.07. The van der Waals surface area contributed by atoms with Crippen molar-refractivity contribution >= 4 is 0 Å². The van der Waals surface area contributed by atoms with Gasteiger partial charge in [0.05, 0.1) is 26.0 Å². The Bertz CT molecular complexity index is 562. The molecule has 0 aliphatic carbocycles. The molecule has 3 N–H and O–H groups in total. The number of pyridine rings is 2. The van der Waals surface area contributed by atoms with E-state index in [1.165, 1.54) is 0 Å². The van der Waals surface area contributed by atoms with Crippen LogP contribution in [0.5, 0.6) is 11.6 Å². The van der Waals surface area contributed by atoms with Crippen LogP contribution in [0, 0.1) is 0 Å². The number of hydrazine groups is 1. The molecule has 2 rings (SSSR count). The lowest BCUT2D eigenvalue weighted by atomic mass is 10.0. The Kier molecular flexibility index (Phi) is 4.86. The van der Waals surface area contributed by atoms with Gasteiger partial charge in [-0.25, -0.2) is 10.4 Å². The minimum Gasteiger partial charge on any atom is -0.492 e. The average Bonchev–Trinajstić information content (AvgIpc) is 2.49. The van der Waals surface area contributed by atoms with Gasteiger partial charge in [0.2, 0.25) is 5.88 Å². The molecule has 1 unspecified atom stereocenters. The summed E-state index contributed by atoms with van der Waals surface area (Å²) in [6.45, 7) is 2.51. The first kappa shape index (κ1) is 14.2. The van der Waals surface area contributed by atoms with E-state index in [2.05, 4.69) is 15.4 Å². The van der Waals surface area contributed by atoms with Gasteiger partial charge in [-0.2, -0.15) is 0 Å². The van der Waals surface area contributed by atoms with Crippen molar-refractivity contribution in [3.05, 3.63) is 47.9 Å². The molecule has 1 atom stereocenters. The second-order valence-electron chi connectivity index (χ2n) is 4.09. The zero-order chi connectivity index (χ0) is 14.4. The van der Waals surface area contributed by atoms with Crippen LogP contribution >= 0.6 is 0 Å². The van der Waals surface area contributed by atoms with E-state index in [0.29, 0.717) is 18.2 Å². The van der Waals surface area contributed by atoms with Crippen LogP contribution in [-0.2, 0) is 0 Å². The molecule has 0 saturated carbocycles. The number of nitrogens with one attached hydrogen (secondary N) is 1. The summed E-state index contributed by atoms with van der Waals surface area (Å²) in [6, 6.07) is 5.37. The van der Waals surface area contributed by atoms with Crippen molar-refractivity contribution in [1.82, 2.24) is 15.4 Å². The molecule has 0 aliphatic heterocycles. The molecule has 6 heteroatoms. The number of ether oxygens (including phenoxy) is 2. The highest BCUT2D eigenvalue weighted by Gasteiger charge is 2.18. The molecule has 2 aromatic heterocycles. The summed E-state index contributed by atoms with van der Waals surface area (Å²) >= 11 is 0. The number of nitrogens with zero attached hydrogens (tertiary/aromatic N) is 2. The number of methoxy groups -OCH3 is 1. The van der Waals surface area contributed by atoms with Gasteiger partial charge in [0.1, 0.15) is 5.75 Å². The first-order valence-electron chi connectivity index (χ1n) is 6.33. The van der Waals surface area contributed by atoms with Crippen molar-refractivity contribution in [3.8, 4) is 11.6 Å². The van der Waals surface area contributed by atoms with Gasteiger partial charge in [0, 0.05) is 18.0 Å². The number of aromatic nitrogens is 2. The van der Waals surface area contributed by atoms with Crippen molar-refractivity contribution < 1.29 is 9.47 Å². The summed E-state index contributed by atoms with van der Waals surface area (Å²) < 4.78 is 10.7. The zero-order valence-corrected chi connectivity index (χ0v) is 11.5. The van der Waals surface area contributed by atoms with Crippen LogP contribution in [0.25, 0.3) is 0 Å². The van der Waals surface area contributed by atoms with E-state index >= 15 is 0 Å². The highest BCUT2D eigenvalue weighted by Crippen LogP contribution is 2.28. The van der Waals surface area contributed by atoms with Gasteiger partial charge in [-0.1, -0.05) is 6.07 Å². The van der Waals surface area contributed by atoms with E-state index in [1.54, 1.807) is 25.7 Å². The van der Waals surface area contributed by atoms with E-state index in [1.807, 2.05) is 25.1 Å². The Morgan fingerprint density at radius 2 is 2.25 bits per heavy atom. The van der Waals surface area contributed by atoms with Gasteiger partial charge < -0.3 is 9.47 Å². The molecule has 0 radical (unpaired) electrons. The Morgan fingerprint density at radius 1 is 1.40 bits per heavy atom. The normalized spacial score (nSPS) is 11.9. The Morgan fingerprint density at radius 3 is 2.95 bits per heavy atom. The van der Waals surface area contributed by atoms with Gasteiger partial charge in [-0.05, 0) is 24.6 Å². The van der Waals surface area contributed by atoms with Crippen molar-refractivity contribution in [3.63, 3.8) is 0 Å². The molecule has 0 aliphatic rings. The minimum atomic E-state index is -0.272. The van der Waals surface area contributed by atoms with Crippen molar-refractivity contribution in [2.45, 2.75) is 13.0 Å². The van der Waals surface area contributed by atoms with Gasteiger partial charge in [-0.3, -0.25) is 10.8 Å². The summed E-state index contributed by atoms with van der Waals surface area (Å²) in [5, 5.41) is 0. The second kappa shape index (κ2) is 6.83. The molecule has 106 valence electrons. The maximum Gasteiger partial charge on any atom is 0.218 e. The van der Waals surface area contributed by atoms with Crippen LogP contribution in [0.2, 0.25) is 0 Å². The Labute approximate surface area is 117 Å². The summed E-state index contributed by atoms with van der Waals surface area (Å²) in [5.74, 6) is 6.91. The molecule has 0 fully saturated rings. The average molecular weight is 274 g/mol. The maximum absolute atomic E-state index is 5.68. The standard InChI is InChI=1S/C14H18N4O2/c1-3-20-11-7-10(8-16-9-11)13(18-15)12-5-4-6-17-14(12)19-2/h4-9,13,18H,3,15H2,1-2H3. The highest BCUT2D eigenvalue weighted by molar-refractivity contribution is 5.38. The monoisotopic (exact) mass is 274 g/mol. The summed E-state index contributed by atoms with van der Waals surface area (Å²) in [7, 11) is 1.58. The van der Waals surface area contributed by atoms with Gasteiger partial charge >= 0.3 is 0 Å². The molecule has 20 heavy (non-hydrogen) atoms. The van der Waals surface area contributed by atoms with Crippen LogP contribution in [0.15, 0.2) is 36.8 Å². The van der Waals surface area contributed by atoms with E-state index in [4.69, 9.17) is 15.3 Å². The molecule has 0 amide bonds. The number of hydrogen-bond acceptors (Lipinski definition) is 6. The second-order valence-corrected chi connectivity index (χ2v) is 4.09. The molecule has 0 aromatic carbocycles. The summed E-state index contributed by atoms with van der Waals surface area (Å²) in [4.78, 5) is 8.35. The molecule has 0 saturated heterocycles. The number of hydrogen-bond donors (Lipinski definition) is 2. The lowest BCUT2D eigenvalue weighted by Crippen LogP contribution is -2.29. The summed E-state index contributed by atoms with van der Waals surface area (Å²) in [5.41, 5.74) is 4.48. The van der Waals surface area contributed by atoms with Crippen LogP contribution < -0.4 is 20.7 Å². The molecule has 6 nitrogen and oxygen atoms in total. The lowest BCUT2D eigenvalue weighted by molar-refractivity contribution is 0.338. The van der Waals surface area contributed by atoms with Crippen molar-refractivity contribution in [2.24, 2.45) is 5.84 Å². The molecule has 0 bridgehead atoms. The fourth-order valence-corrected chi connectivity index (χ4v) is 2.00. The van der Waals surface area contributed by atoms with Crippen LogP contribution in [0.1, 0.15) is 24.1 Å². The van der Waals surface area contributed by atoms with Crippen molar-refractivity contribution in [2.75, 3.05) is 13.7 Å². The Balaban J connectivity index is 2.39. The van der Waals surface area contributed by atoms with Crippen LogP contribution in [0.4, 0.5) is 0 Å². The highest BCUT2D eigenvalue weighted by atomic mass is 16.5. The predicted octanol–water partition coefficient (Wildman–Crippen LogP) is 1.44. The Hall–Kier alpha value is -2.18. The molecule has 2 heterocycles. The van der Waals surface area contributed by atoms with E-state index in [0.717, 1.165) is 11.1 Å². The largest absolute Gasteiger partial charge is 0.492 e. The minimum absolute atomic E-state index is 0.272. The SMILES string of the molecule is CCOc1cncc(C(NN)c2cccnc2OC)c1. The molecular formula is C14H18N4O2. The van der Waals surface area contributed by atoms with Crippen LogP contribution in [-0.4, -0.2) is 23.7 Å². The van der Waals surface area contributed by atoms with E-state index in [9.17, 15) is 0 Å². The third-order valence-corrected chi connectivity index (χ3v) is 2.85. The quantitative estimate of drug-likeness (QED) is 0.612. The fourth-order valence-electron chi connectivity index (χ4n) is 2.00. The van der Waals surface area contributed by atoms with E-state index < -0.39 is 0 Å².